The Morgan fingerprint density at radius 2 is 1.00 bits per heavy atom. The molecule has 2 aromatic heterocycles. The minimum atomic E-state index is -0.422. The van der Waals surface area contributed by atoms with Crippen molar-refractivity contribution in [1.29, 1.82) is 0 Å². The number of carbonyl (C=O) groups excluding carboxylic acids is 3. The number of nitrogens with one attached hydrogen (secondary N) is 4. The van der Waals surface area contributed by atoms with Gasteiger partial charge < -0.3 is 61.0 Å². The van der Waals surface area contributed by atoms with Crippen molar-refractivity contribution in [2.45, 2.75) is 241 Å². The molecular weight excluding hydrogens is 1020 g/mol. The van der Waals surface area contributed by atoms with Crippen LogP contribution in [0.3, 0.4) is 0 Å². The molecule has 20 heteroatoms. The third-order valence-corrected chi connectivity index (χ3v) is 18.0. The van der Waals surface area contributed by atoms with E-state index in [4.69, 9.17) is 40.1 Å². The van der Waals surface area contributed by atoms with Gasteiger partial charge >= 0.3 is 12.2 Å². The average Bonchev–Trinajstić information content (AvgIpc) is 4.11. The van der Waals surface area contributed by atoms with Gasteiger partial charge in [0.25, 0.3) is 5.91 Å². The largest absolute Gasteiger partial charge is 0.444 e. The topological polar surface area (TPSA) is 238 Å². The minimum absolute atomic E-state index is 0.00939. The van der Waals surface area contributed by atoms with Crippen LogP contribution < -0.4 is 32.7 Å². The van der Waals surface area contributed by atoms with E-state index in [0.717, 1.165) is 179 Å². The summed E-state index contributed by atoms with van der Waals surface area (Å²) in [5.41, 5.74) is 12.4. The summed E-state index contributed by atoms with van der Waals surface area (Å²) >= 11 is 0. The normalized spacial score (nSPS) is 29.8. The molecule has 80 heavy (non-hydrogen) atoms. The van der Waals surface area contributed by atoms with Crippen molar-refractivity contribution in [1.82, 2.24) is 45.2 Å². The lowest BCUT2D eigenvalue weighted by Gasteiger charge is -2.43. The Hall–Kier alpha value is -3.89. The van der Waals surface area contributed by atoms with Crippen molar-refractivity contribution in [3.8, 4) is 0 Å². The number of hydrogen-bond donors (Lipinski definition) is 6. The van der Waals surface area contributed by atoms with Crippen molar-refractivity contribution in [3.05, 3.63) is 18.0 Å². The number of ether oxygens (including phenoxy) is 5. The number of rotatable bonds is 7. The van der Waals surface area contributed by atoms with Crippen LogP contribution in [0, 0.1) is 0 Å². The number of alkyl carbamates (subject to hydrolysis) is 2. The van der Waals surface area contributed by atoms with E-state index in [2.05, 4.69) is 45.5 Å². The number of hydrogen-bond acceptors (Lipinski definition) is 16. The first-order valence-electron chi connectivity index (χ1n) is 31.3. The third-order valence-electron chi connectivity index (χ3n) is 18.0. The van der Waals surface area contributed by atoms with Gasteiger partial charge in [-0.3, -0.25) is 19.5 Å². The van der Waals surface area contributed by atoms with Crippen LogP contribution in [0.15, 0.2) is 12.3 Å². The molecule has 0 radical (unpaired) electrons. The predicted octanol–water partition coefficient (Wildman–Crippen LogP) is 7.41. The summed E-state index contributed by atoms with van der Waals surface area (Å²) in [6.45, 7) is 23.7. The molecule has 20 nitrogen and oxygen atoms in total. The lowest BCUT2D eigenvalue weighted by molar-refractivity contribution is 0.00565. The van der Waals surface area contributed by atoms with Gasteiger partial charge in [0.15, 0.2) is 0 Å². The number of morpholine rings is 3. The quantitative estimate of drug-likeness (QED) is 0.158. The Bertz CT molecular complexity index is 2200. The first-order chi connectivity index (χ1) is 38.4. The summed E-state index contributed by atoms with van der Waals surface area (Å²) in [6, 6.07) is 5.80. The number of amides is 3. The Balaban J connectivity index is 0.000000151. The first kappa shape index (κ1) is 62.2. The fraction of sp³-hybridized carbons (Fsp3) is 0.850. The molecule has 8 fully saturated rings. The zero-order valence-electron chi connectivity index (χ0n) is 49.9. The number of fused-ring (bicyclic) bond motifs is 4. The van der Waals surface area contributed by atoms with Gasteiger partial charge in [0, 0.05) is 106 Å². The van der Waals surface area contributed by atoms with Crippen LogP contribution in [0.25, 0.3) is 11.0 Å². The van der Waals surface area contributed by atoms with E-state index >= 15 is 0 Å². The number of nitrogens with zero attached hydrogens (tertiary/aromatic N) is 6. The molecule has 3 saturated heterocycles. The molecule has 11 rings (SSSR count). The van der Waals surface area contributed by atoms with Gasteiger partial charge in [0.05, 0.1) is 45.2 Å². The van der Waals surface area contributed by atoms with Crippen LogP contribution in [-0.4, -0.2) is 192 Å². The van der Waals surface area contributed by atoms with Crippen molar-refractivity contribution >= 4 is 35.1 Å². The molecule has 2 aromatic rings. The second kappa shape index (κ2) is 29.6. The summed E-state index contributed by atoms with van der Waals surface area (Å²) in [5, 5.41) is 13.6. The van der Waals surface area contributed by atoms with E-state index in [1.807, 2.05) is 53.8 Å². The minimum Gasteiger partial charge on any atom is -0.444 e. The number of nitrogens with two attached hydrogens (primary N) is 2. The van der Waals surface area contributed by atoms with Crippen LogP contribution in [0.2, 0.25) is 0 Å². The summed E-state index contributed by atoms with van der Waals surface area (Å²) in [5.74, 6) is 0.709. The Morgan fingerprint density at radius 3 is 1.44 bits per heavy atom. The van der Waals surface area contributed by atoms with Crippen LogP contribution in [0.5, 0.6) is 0 Å². The van der Waals surface area contributed by atoms with Gasteiger partial charge in [0.2, 0.25) is 5.95 Å². The van der Waals surface area contributed by atoms with Gasteiger partial charge in [-0.25, -0.2) is 14.6 Å². The standard InChI is InChI=1S/C24H34N6O2.C15H28N2O3.C11H22N2O2.C10H20N2O/c31-22-20-14-17-15-25-23(27-18-4-6-19(7-5-18)29-10-12-32-13-11-29)28-21(17)30(20)24(16-26-22)8-2-1-3-9-24;1-15(2,3)20-14(18)16-12-4-6-13(7-5-12)17-8-10-19-11-9-17;1-11(2,3)15-10(14)13-9-6-4-8(12)5-7-9;11-9-1-3-10(4-2-9)12-5-7-13-8-6-12/h14-15,18-19H,1-13,16H2,(H,26,31)(H,25,27,28);12-13H,4-11H2,1-3H3,(H,16,18);8-9H,4-7,12H2,1-3H3,(H,13,14);9-10H,1-8,11H2. The molecule has 0 bridgehead atoms. The van der Waals surface area contributed by atoms with Gasteiger partial charge in [-0.2, -0.15) is 4.98 Å². The Labute approximate surface area is 478 Å². The highest BCUT2D eigenvalue weighted by atomic mass is 16.6. The van der Waals surface area contributed by atoms with Crippen LogP contribution in [-0.2, 0) is 29.2 Å². The van der Waals surface area contributed by atoms with Gasteiger partial charge in [-0.15, -0.1) is 0 Å². The maximum Gasteiger partial charge on any atom is 0.407 e. The van der Waals surface area contributed by atoms with Crippen LogP contribution in [0.1, 0.15) is 187 Å². The molecule has 8 N–H and O–H groups in total. The van der Waals surface area contributed by atoms with E-state index < -0.39 is 11.2 Å². The lowest BCUT2D eigenvalue weighted by Crippen LogP contribution is -2.52. The number of aromatic nitrogens is 3. The highest BCUT2D eigenvalue weighted by Gasteiger charge is 2.42. The SMILES string of the molecule is CC(C)(C)OC(=O)NC1CCC(N)CC1.CC(C)(C)OC(=O)NC1CCC(N2CCOCC2)CC1.NC1CCC(N2CCOCC2)CC1.O=C1NCC2(CCCCC2)n2c1cc1cnc(NC3CCC(N4CCOCC4)CC3)nc12. The summed E-state index contributed by atoms with van der Waals surface area (Å²) in [7, 11) is 0. The molecule has 3 amide bonds. The fourth-order valence-electron chi connectivity index (χ4n) is 13.6. The van der Waals surface area contributed by atoms with Crippen molar-refractivity contribution in [3.63, 3.8) is 0 Å². The highest BCUT2D eigenvalue weighted by molar-refractivity contribution is 5.99. The smallest absolute Gasteiger partial charge is 0.407 e. The second-order valence-electron chi connectivity index (χ2n) is 26.4. The zero-order valence-corrected chi connectivity index (χ0v) is 49.9. The summed E-state index contributed by atoms with van der Waals surface area (Å²) < 4.78 is 29.0. The molecule has 4 aliphatic heterocycles. The Morgan fingerprint density at radius 1 is 0.600 bits per heavy atom. The van der Waals surface area contributed by atoms with E-state index in [-0.39, 0.29) is 35.7 Å². The zero-order chi connectivity index (χ0) is 56.7. The van der Waals surface area contributed by atoms with Crippen LogP contribution >= 0.6 is 0 Å². The summed E-state index contributed by atoms with van der Waals surface area (Å²) in [4.78, 5) is 53.1. The number of anilines is 1. The third kappa shape index (κ3) is 18.8. The number of carbonyl (C=O) groups is 3. The van der Waals surface area contributed by atoms with E-state index in [1.54, 1.807) is 0 Å². The molecule has 1 spiro atoms. The molecule has 0 unspecified atom stereocenters. The molecule has 452 valence electrons. The van der Waals surface area contributed by atoms with Crippen LogP contribution in [0.4, 0.5) is 15.5 Å². The molecule has 0 aromatic carbocycles. The maximum atomic E-state index is 12.6. The molecule has 9 aliphatic rings. The molecule has 5 aliphatic carbocycles. The molecule has 0 atom stereocenters. The van der Waals surface area contributed by atoms with Crippen molar-refractivity contribution < 1.29 is 38.1 Å². The second-order valence-corrected chi connectivity index (χ2v) is 26.4. The average molecular weight is 1120 g/mol. The van der Waals surface area contributed by atoms with Crippen molar-refractivity contribution in [2.75, 3.05) is 90.8 Å². The first-order valence-corrected chi connectivity index (χ1v) is 31.3. The monoisotopic (exact) mass is 1120 g/mol. The van der Waals surface area contributed by atoms with Gasteiger partial charge in [0.1, 0.15) is 22.5 Å². The summed E-state index contributed by atoms with van der Waals surface area (Å²) in [6.07, 6.45) is 25.2. The Kier molecular flexibility index (Phi) is 23.0. The van der Waals surface area contributed by atoms with E-state index in [1.165, 1.54) is 57.8 Å². The molecule has 6 heterocycles. The maximum absolute atomic E-state index is 12.6. The molecular formula is C60H104N12O8. The molecule has 5 saturated carbocycles. The lowest BCUT2D eigenvalue weighted by atomic mass is 9.80. The highest BCUT2D eigenvalue weighted by Crippen LogP contribution is 2.40. The predicted molar refractivity (Wildman–Crippen MR) is 313 cm³/mol. The van der Waals surface area contributed by atoms with E-state index in [9.17, 15) is 14.4 Å². The van der Waals surface area contributed by atoms with Gasteiger partial charge in [-0.05, 0) is 163 Å². The van der Waals surface area contributed by atoms with Gasteiger partial charge in [-0.1, -0.05) is 19.3 Å². The van der Waals surface area contributed by atoms with Crippen molar-refractivity contribution in [2.24, 2.45) is 11.5 Å². The fourth-order valence-corrected chi connectivity index (χ4v) is 13.6. The van der Waals surface area contributed by atoms with E-state index in [0.29, 0.717) is 42.7 Å².